The Morgan fingerprint density at radius 3 is 2.56 bits per heavy atom. The highest BCUT2D eigenvalue weighted by molar-refractivity contribution is 5.96. The number of ether oxygens (including phenoxy) is 3. The molecule has 3 aromatic rings. The van der Waals surface area contributed by atoms with Gasteiger partial charge in [-0.25, -0.2) is 9.18 Å². The number of methoxy groups -OCH3 is 1. The van der Waals surface area contributed by atoms with E-state index in [0.717, 1.165) is 37.3 Å². The molecule has 1 saturated heterocycles. The molecule has 2 aromatic carbocycles. The van der Waals surface area contributed by atoms with E-state index in [1.807, 2.05) is 30.3 Å². The third kappa shape index (κ3) is 4.19. The van der Waals surface area contributed by atoms with Gasteiger partial charge in [-0.05, 0) is 36.1 Å². The average molecular weight is 493 g/mol. The highest BCUT2D eigenvalue weighted by Gasteiger charge is 2.48. The van der Waals surface area contributed by atoms with Crippen LogP contribution >= 0.6 is 0 Å². The molecule has 10 heteroatoms. The standard InChI is InChI=1S/C26H24FN3O6/c1-34-26(33)36-15-35-24-20(31)14-28-30-22(19-8-5-13-29(19)25(32)23(24)30)21(16-6-3-2-4-7-16)17-9-11-18(27)12-10-17/h2-4,6-7,9-12,14,19,21-22H,5,8,13,15H2,1H3/t19-,21-,22-/m1/s1. The molecule has 0 radical (unpaired) electrons. The van der Waals surface area contributed by atoms with Crippen molar-refractivity contribution >= 4 is 12.1 Å². The molecule has 2 aliphatic heterocycles. The van der Waals surface area contributed by atoms with E-state index in [1.165, 1.54) is 12.1 Å². The second-order valence-corrected chi connectivity index (χ2v) is 8.63. The number of halogens is 1. The van der Waals surface area contributed by atoms with Gasteiger partial charge in [0.25, 0.3) is 5.91 Å². The lowest BCUT2D eigenvalue weighted by Crippen LogP contribution is -2.51. The average Bonchev–Trinajstić information content (AvgIpc) is 3.39. The van der Waals surface area contributed by atoms with Crippen LogP contribution in [0.1, 0.15) is 46.4 Å². The van der Waals surface area contributed by atoms with Crippen LogP contribution in [0.3, 0.4) is 0 Å². The molecular weight excluding hydrogens is 469 g/mol. The Balaban J connectivity index is 1.67. The zero-order valence-corrected chi connectivity index (χ0v) is 19.5. The summed E-state index contributed by atoms with van der Waals surface area (Å²) in [6, 6.07) is 15.4. The van der Waals surface area contributed by atoms with Gasteiger partial charge in [0, 0.05) is 12.5 Å². The fourth-order valence-corrected chi connectivity index (χ4v) is 5.19. The van der Waals surface area contributed by atoms with E-state index in [0.29, 0.717) is 6.54 Å². The molecule has 9 nitrogen and oxygen atoms in total. The first kappa shape index (κ1) is 23.5. The predicted molar refractivity (Wildman–Crippen MR) is 125 cm³/mol. The summed E-state index contributed by atoms with van der Waals surface area (Å²) >= 11 is 0. The van der Waals surface area contributed by atoms with Crippen molar-refractivity contribution in [1.82, 2.24) is 14.7 Å². The quantitative estimate of drug-likeness (QED) is 0.383. The maximum Gasteiger partial charge on any atom is 0.510 e. The number of amides is 1. The Hall–Kier alpha value is -4.21. The van der Waals surface area contributed by atoms with E-state index in [2.05, 4.69) is 9.84 Å². The molecule has 2 aliphatic rings. The van der Waals surface area contributed by atoms with Crippen LogP contribution in [0.15, 0.2) is 65.6 Å². The number of fused-ring (bicyclic) bond motifs is 2. The van der Waals surface area contributed by atoms with Crippen LogP contribution < -0.4 is 10.2 Å². The van der Waals surface area contributed by atoms with Gasteiger partial charge in [0.05, 0.1) is 25.4 Å². The Morgan fingerprint density at radius 1 is 1.11 bits per heavy atom. The number of rotatable bonds is 6. The van der Waals surface area contributed by atoms with E-state index in [-0.39, 0.29) is 35.1 Å². The summed E-state index contributed by atoms with van der Waals surface area (Å²) < 4.78 is 30.1. The van der Waals surface area contributed by atoms with Crippen molar-refractivity contribution in [3.8, 4) is 5.75 Å². The van der Waals surface area contributed by atoms with Crippen LogP contribution in [0.5, 0.6) is 5.75 Å². The molecule has 1 fully saturated rings. The molecule has 0 saturated carbocycles. The van der Waals surface area contributed by atoms with Gasteiger partial charge in [0.15, 0.2) is 5.69 Å². The summed E-state index contributed by atoms with van der Waals surface area (Å²) in [5.74, 6) is -1.29. The number of hydrogen-bond donors (Lipinski definition) is 0. The van der Waals surface area contributed by atoms with E-state index in [9.17, 15) is 18.8 Å². The van der Waals surface area contributed by atoms with Gasteiger partial charge in [0.1, 0.15) is 5.82 Å². The Bertz CT molecular complexity index is 1330. The first-order valence-corrected chi connectivity index (χ1v) is 11.6. The van der Waals surface area contributed by atoms with Crippen molar-refractivity contribution in [2.45, 2.75) is 30.8 Å². The maximum atomic E-state index is 13.8. The number of carbonyl (C=O) groups excluding carboxylic acids is 2. The smallest absolute Gasteiger partial charge is 0.451 e. The monoisotopic (exact) mass is 493 g/mol. The molecule has 36 heavy (non-hydrogen) atoms. The zero-order valence-electron chi connectivity index (χ0n) is 19.5. The first-order valence-electron chi connectivity index (χ1n) is 11.6. The minimum absolute atomic E-state index is 0.0119. The van der Waals surface area contributed by atoms with Crippen molar-refractivity contribution < 1.29 is 28.2 Å². The number of nitrogens with zero attached hydrogens (tertiary/aromatic N) is 3. The van der Waals surface area contributed by atoms with Crippen molar-refractivity contribution in [3.63, 3.8) is 0 Å². The highest BCUT2D eigenvalue weighted by atomic mass is 19.1. The summed E-state index contributed by atoms with van der Waals surface area (Å²) in [4.78, 5) is 39.4. The largest absolute Gasteiger partial charge is 0.510 e. The molecule has 0 bridgehead atoms. The molecule has 1 aromatic heterocycles. The molecular formula is C26H24FN3O6. The van der Waals surface area contributed by atoms with Crippen molar-refractivity contribution in [2.75, 3.05) is 20.4 Å². The highest BCUT2D eigenvalue weighted by Crippen LogP contribution is 2.45. The van der Waals surface area contributed by atoms with E-state index in [1.54, 1.807) is 21.7 Å². The van der Waals surface area contributed by atoms with Gasteiger partial charge in [-0.15, -0.1) is 0 Å². The molecule has 0 aliphatic carbocycles. The van der Waals surface area contributed by atoms with Gasteiger partial charge in [0.2, 0.25) is 18.0 Å². The van der Waals surface area contributed by atoms with Crippen molar-refractivity contribution in [3.05, 3.63) is 93.7 Å². The van der Waals surface area contributed by atoms with Gasteiger partial charge in [-0.1, -0.05) is 42.5 Å². The first-order chi connectivity index (χ1) is 17.5. The number of aromatic nitrogens is 2. The molecule has 0 N–H and O–H groups in total. The van der Waals surface area contributed by atoms with E-state index in [4.69, 9.17) is 9.47 Å². The van der Waals surface area contributed by atoms with Crippen LogP contribution in [0.4, 0.5) is 9.18 Å². The van der Waals surface area contributed by atoms with Gasteiger partial charge >= 0.3 is 6.16 Å². The minimum atomic E-state index is -0.984. The van der Waals surface area contributed by atoms with Crippen LogP contribution in [0.2, 0.25) is 0 Å². The Kier molecular flexibility index (Phi) is 6.41. The van der Waals surface area contributed by atoms with Crippen LogP contribution in [-0.2, 0) is 9.47 Å². The second-order valence-electron chi connectivity index (χ2n) is 8.63. The van der Waals surface area contributed by atoms with Gasteiger partial charge < -0.3 is 19.1 Å². The second kappa shape index (κ2) is 9.80. The lowest BCUT2D eigenvalue weighted by molar-refractivity contribution is 0.0126. The lowest BCUT2D eigenvalue weighted by atomic mass is 9.80. The molecule has 0 spiro atoms. The summed E-state index contributed by atoms with van der Waals surface area (Å²) in [5, 5.41) is 4.39. The zero-order chi connectivity index (χ0) is 25.2. The Labute approximate surface area is 206 Å². The molecule has 5 rings (SSSR count). The predicted octanol–water partition coefficient (Wildman–Crippen LogP) is 3.49. The summed E-state index contributed by atoms with van der Waals surface area (Å²) in [7, 11) is 1.15. The molecule has 186 valence electrons. The number of benzene rings is 2. The van der Waals surface area contributed by atoms with Crippen LogP contribution in [0.25, 0.3) is 0 Å². The van der Waals surface area contributed by atoms with E-state index >= 15 is 0 Å². The summed E-state index contributed by atoms with van der Waals surface area (Å²) in [5.41, 5.74) is 1.18. The van der Waals surface area contributed by atoms with Crippen LogP contribution in [-0.4, -0.2) is 53.2 Å². The lowest BCUT2D eigenvalue weighted by Gasteiger charge is -2.42. The SMILES string of the molecule is COC(=O)OCOc1c2n(ncc1=O)[C@@H]([C@H](c1ccccc1)c1ccc(F)cc1)[C@H]1CCCN1C2=O. The molecule has 1 amide bonds. The van der Waals surface area contributed by atoms with Crippen molar-refractivity contribution in [1.29, 1.82) is 0 Å². The summed E-state index contributed by atoms with van der Waals surface area (Å²) in [6.45, 7) is -0.0908. The normalized spacial score (nSPS) is 19.3. The summed E-state index contributed by atoms with van der Waals surface area (Å²) in [6.07, 6.45) is 1.64. The number of carbonyl (C=O) groups is 2. The van der Waals surface area contributed by atoms with Crippen LogP contribution in [0, 0.1) is 5.82 Å². The molecule has 3 atom stereocenters. The fraction of sp³-hybridized carbons (Fsp3) is 0.308. The molecule has 3 heterocycles. The van der Waals surface area contributed by atoms with E-state index < -0.39 is 24.4 Å². The van der Waals surface area contributed by atoms with Crippen molar-refractivity contribution in [2.24, 2.45) is 0 Å². The fourth-order valence-electron chi connectivity index (χ4n) is 5.19. The third-order valence-corrected chi connectivity index (χ3v) is 6.68. The Morgan fingerprint density at radius 2 is 1.83 bits per heavy atom. The maximum absolute atomic E-state index is 13.8. The topological polar surface area (TPSA) is 100.0 Å². The van der Waals surface area contributed by atoms with Gasteiger partial charge in [-0.3, -0.25) is 14.3 Å². The number of hydrogen-bond acceptors (Lipinski definition) is 7. The van der Waals surface area contributed by atoms with Gasteiger partial charge in [-0.2, -0.15) is 5.10 Å². The minimum Gasteiger partial charge on any atom is -0.451 e. The molecule has 0 unspecified atom stereocenters. The third-order valence-electron chi connectivity index (χ3n) is 6.68.